The number of pyridine rings is 1. The molecule has 0 atom stereocenters. The summed E-state index contributed by atoms with van der Waals surface area (Å²) in [6.07, 6.45) is 5.57. The summed E-state index contributed by atoms with van der Waals surface area (Å²) in [5, 5.41) is 6.43. The molecular weight excluding hydrogens is 254 g/mol. The average molecular weight is 267 g/mol. The fraction of sp³-hybridized carbons (Fsp3) is 0.300. The Hall–Kier alpha value is -1.80. The SMILES string of the molecule is O=S(=O)(NCCCc1ncn[nH]1)c1cccnc1. The van der Waals surface area contributed by atoms with Crippen LogP contribution in [-0.2, 0) is 16.4 Å². The number of aryl methyl sites for hydroxylation is 1. The van der Waals surface area contributed by atoms with Gasteiger partial charge in [0.2, 0.25) is 10.0 Å². The summed E-state index contributed by atoms with van der Waals surface area (Å²) in [6, 6.07) is 3.09. The molecule has 96 valence electrons. The molecule has 2 N–H and O–H groups in total. The smallest absolute Gasteiger partial charge is 0.242 e. The fourth-order valence-corrected chi connectivity index (χ4v) is 2.44. The van der Waals surface area contributed by atoms with Crippen LogP contribution in [0.1, 0.15) is 12.2 Å². The molecule has 0 amide bonds. The van der Waals surface area contributed by atoms with Crippen molar-refractivity contribution in [1.29, 1.82) is 0 Å². The van der Waals surface area contributed by atoms with E-state index < -0.39 is 10.0 Å². The van der Waals surface area contributed by atoms with Gasteiger partial charge >= 0.3 is 0 Å². The molecule has 0 aliphatic heterocycles. The molecule has 18 heavy (non-hydrogen) atoms. The average Bonchev–Trinajstić information content (AvgIpc) is 2.89. The lowest BCUT2D eigenvalue weighted by Gasteiger charge is -2.05. The molecule has 2 heterocycles. The predicted molar refractivity (Wildman–Crippen MR) is 64.1 cm³/mol. The van der Waals surface area contributed by atoms with Gasteiger partial charge in [-0.05, 0) is 18.6 Å². The molecule has 0 saturated carbocycles. The fourth-order valence-electron chi connectivity index (χ4n) is 1.40. The van der Waals surface area contributed by atoms with Gasteiger partial charge in [-0.3, -0.25) is 10.1 Å². The number of nitrogens with one attached hydrogen (secondary N) is 2. The molecule has 0 aliphatic rings. The van der Waals surface area contributed by atoms with Crippen LogP contribution in [0, 0.1) is 0 Å². The number of sulfonamides is 1. The molecule has 0 unspecified atom stereocenters. The van der Waals surface area contributed by atoms with Crippen molar-refractivity contribution < 1.29 is 8.42 Å². The van der Waals surface area contributed by atoms with Gasteiger partial charge in [0.1, 0.15) is 17.0 Å². The predicted octanol–water partition coefficient (Wildman–Crippen LogP) is 0.111. The van der Waals surface area contributed by atoms with Gasteiger partial charge in [0.25, 0.3) is 0 Å². The van der Waals surface area contributed by atoms with Crippen molar-refractivity contribution in [3.8, 4) is 0 Å². The molecule has 0 aromatic carbocycles. The topological polar surface area (TPSA) is 101 Å². The van der Waals surface area contributed by atoms with Crippen LogP contribution in [-0.4, -0.2) is 35.1 Å². The van der Waals surface area contributed by atoms with Gasteiger partial charge in [0.05, 0.1) is 0 Å². The minimum absolute atomic E-state index is 0.171. The Morgan fingerprint density at radius 1 is 1.39 bits per heavy atom. The van der Waals surface area contributed by atoms with Crippen LogP contribution >= 0.6 is 0 Å². The van der Waals surface area contributed by atoms with Crippen molar-refractivity contribution in [1.82, 2.24) is 24.9 Å². The molecular formula is C10H13N5O2S. The highest BCUT2D eigenvalue weighted by molar-refractivity contribution is 7.89. The second-order valence-electron chi connectivity index (χ2n) is 3.62. The third kappa shape index (κ3) is 3.34. The monoisotopic (exact) mass is 267 g/mol. The third-order valence-electron chi connectivity index (χ3n) is 2.29. The van der Waals surface area contributed by atoms with Crippen LogP contribution < -0.4 is 4.72 Å². The van der Waals surface area contributed by atoms with Crippen LogP contribution in [0.4, 0.5) is 0 Å². The van der Waals surface area contributed by atoms with Gasteiger partial charge in [-0.2, -0.15) is 5.10 Å². The first-order valence-corrected chi connectivity index (χ1v) is 6.91. The van der Waals surface area contributed by atoms with Crippen LogP contribution in [0.5, 0.6) is 0 Å². The largest absolute Gasteiger partial charge is 0.263 e. The van der Waals surface area contributed by atoms with Gasteiger partial charge in [0, 0.05) is 25.4 Å². The normalized spacial score (nSPS) is 11.6. The first-order chi connectivity index (χ1) is 8.68. The van der Waals surface area contributed by atoms with Crippen LogP contribution in [0.25, 0.3) is 0 Å². The maximum absolute atomic E-state index is 11.8. The van der Waals surface area contributed by atoms with Crippen molar-refractivity contribution >= 4 is 10.0 Å². The minimum atomic E-state index is -3.46. The summed E-state index contributed by atoms with van der Waals surface area (Å²) in [5.41, 5.74) is 0. The molecule has 0 fully saturated rings. The van der Waals surface area contributed by atoms with E-state index in [4.69, 9.17) is 0 Å². The first kappa shape index (κ1) is 12.7. The molecule has 0 aliphatic carbocycles. The zero-order valence-corrected chi connectivity index (χ0v) is 10.4. The van der Waals surface area contributed by atoms with Crippen molar-refractivity contribution in [2.75, 3.05) is 6.54 Å². The standard InChI is InChI=1S/C10H13N5O2S/c16-18(17,9-3-1-5-11-7-9)14-6-2-4-10-12-8-13-15-10/h1,3,5,7-8,14H,2,4,6H2,(H,12,13,15). The van der Waals surface area contributed by atoms with Gasteiger partial charge in [-0.15, -0.1) is 0 Å². The Balaban J connectivity index is 1.83. The zero-order chi connectivity index (χ0) is 12.8. The Morgan fingerprint density at radius 3 is 2.94 bits per heavy atom. The maximum atomic E-state index is 11.8. The van der Waals surface area contributed by atoms with E-state index in [1.165, 1.54) is 24.8 Å². The van der Waals surface area contributed by atoms with Gasteiger partial charge in [-0.1, -0.05) is 0 Å². The van der Waals surface area contributed by atoms with E-state index in [2.05, 4.69) is 24.9 Å². The Bertz CT molecular complexity index is 568. The second kappa shape index (κ2) is 5.69. The van der Waals surface area contributed by atoms with E-state index >= 15 is 0 Å². The molecule has 8 heteroatoms. The van der Waals surface area contributed by atoms with E-state index in [-0.39, 0.29) is 4.90 Å². The summed E-state index contributed by atoms with van der Waals surface area (Å²) in [5.74, 6) is 0.746. The van der Waals surface area contributed by atoms with Crippen LogP contribution in [0.15, 0.2) is 35.7 Å². The van der Waals surface area contributed by atoms with E-state index in [0.717, 1.165) is 5.82 Å². The molecule has 2 aromatic rings. The van der Waals surface area contributed by atoms with E-state index in [0.29, 0.717) is 19.4 Å². The molecule has 7 nitrogen and oxygen atoms in total. The highest BCUT2D eigenvalue weighted by atomic mass is 32.2. The van der Waals surface area contributed by atoms with E-state index in [1.54, 1.807) is 6.07 Å². The number of nitrogens with zero attached hydrogens (tertiary/aromatic N) is 3. The molecule has 2 rings (SSSR count). The first-order valence-electron chi connectivity index (χ1n) is 5.42. The Morgan fingerprint density at radius 2 is 2.28 bits per heavy atom. The van der Waals surface area contributed by atoms with Gasteiger partial charge in [0.15, 0.2) is 0 Å². The second-order valence-corrected chi connectivity index (χ2v) is 5.39. The van der Waals surface area contributed by atoms with Crippen LogP contribution in [0.3, 0.4) is 0 Å². The number of aromatic nitrogens is 4. The van der Waals surface area contributed by atoms with E-state index in [9.17, 15) is 8.42 Å². The van der Waals surface area contributed by atoms with Gasteiger partial charge < -0.3 is 0 Å². The molecule has 0 spiro atoms. The number of hydrogen-bond acceptors (Lipinski definition) is 5. The maximum Gasteiger partial charge on any atom is 0.242 e. The molecule has 0 radical (unpaired) electrons. The number of aromatic amines is 1. The number of H-pyrrole nitrogens is 1. The van der Waals surface area contributed by atoms with E-state index in [1.807, 2.05) is 0 Å². The molecule has 0 bridgehead atoms. The van der Waals surface area contributed by atoms with Crippen molar-refractivity contribution in [3.05, 3.63) is 36.7 Å². The van der Waals surface area contributed by atoms with Crippen molar-refractivity contribution in [2.45, 2.75) is 17.7 Å². The Kier molecular flexibility index (Phi) is 4.00. The summed E-state index contributed by atoms with van der Waals surface area (Å²) < 4.78 is 26.1. The van der Waals surface area contributed by atoms with Crippen molar-refractivity contribution in [3.63, 3.8) is 0 Å². The third-order valence-corrected chi connectivity index (χ3v) is 3.74. The highest BCUT2D eigenvalue weighted by Crippen LogP contribution is 2.05. The van der Waals surface area contributed by atoms with Crippen LogP contribution in [0.2, 0.25) is 0 Å². The lowest BCUT2D eigenvalue weighted by atomic mass is 10.3. The lowest BCUT2D eigenvalue weighted by Crippen LogP contribution is -2.25. The summed E-state index contributed by atoms with van der Waals surface area (Å²) >= 11 is 0. The van der Waals surface area contributed by atoms with Gasteiger partial charge in [-0.25, -0.2) is 18.1 Å². The molecule has 0 saturated heterocycles. The summed E-state index contributed by atoms with van der Waals surface area (Å²) in [7, 11) is -3.46. The quantitative estimate of drug-likeness (QED) is 0.723. The molecule has 2 aromatic heterocycles. The zero-order valence-electron chi connectivity index (χ0n) is 9.57. The summed E-state index contributed by atoms with van der Waals surface area (Å²) in [6.45, 7) is 0.345. The highest BCUT2D eigenvalue weighted by Gasteiger charge is 2.12. The summed E-state index contributed by atoms with van der Waals surface area (Å²) in [4.78, 5) is 7.90. The lowest BCUT2D eigenvalue weighted by molar-refractivity contribution is 0.578. The van der Waals surface area contributed by atoms with Crippen molar-refractivity contribution in [2.24, 2.45) is 0 Å². The number of rotatable bonds is 6. The minimum Gasteiger partial charge on any atom is -0.263 e. The Labute approximate surface area is 105 Å². The number of hydrogen-bond donors (Lipinski definition) is 2.